The largest absolute Gasteiger partial charge is 0.493 e. The maximum atomic E-state index is 12.4. The van der Waals surface area contributed by atoms with E-state index in [4.69, 9.17) is 14.2 Å². The van der Waals surface area contributed by atoms with E-state index in [1.54, 1.807) is 50.2 Å². The second-order valence-electron chi connectivity index (χ2n) is 5.37. The van der Waals surface area contributed by atoms with Gasteiger partial charge >= 0.3 is 5.97 Å². The van der Waals surface area contributed by atoms with Gasteiger partial charge in [0.15, 0.2) is 17.6 Å². The molecule has 0 saturated heterocycles. The van der Waals surface area contributed by atoms with Crippen LogP contribution in [0, 0.1) is 6.92 Å². The summed E-state index contributed by atoms with van der Waals surface area (Å²) in [5, 5.41) is 2.77. The molecule has 0 bridgehead atoms. The van der Waals surface area contributed by atoms with Gasteiger partial charge in [0.2, 0.25) is 0 Å². The number of ether oxygens (including phenoxy) is 3. The van der Waals surface area contributed by atoms with Gasteiger partial charge < -0.3 is 19.5 Å². The molecular weight excluding hydrogens is 322 g/mol. The lowest BCUT2D eigenvalue weighted by Crippen LogP contribution is -2.30. The third-order valence-corrected chi connectivity index (χ3v) is 3.74. The lowest BCUT2D eigenvalue weighted by atomic mass is 10.1. The zero-order valence-corrected chi connectivity index (χ0v) is 14.7. The molecule has 132 valence electrons. The number of nitrogens with one attached hydrogen (secondary N) is 1. The van der Waals surface area contributed by atoms with Gasteiger partial charge in [-0.2, -0.15) is 0 Å². The van der Waals surface area contributed by atoms with Gasteiger partial charge in [-0.3, -0.25) is 4.79 Å². The molecule has 0 saturated carbocycles. The first-order valence-electron chi connectivity index (χ1n) is 7.76. The molecule has 6 nitrogen and oxygen atoms in total. The SMILES string of the molecule is COC(=O)c1cccc(NC(=O)[C@@H](C)Oc2ccccc2OC)c1C. The number of rotatable bonds is 6. The van der Waals surface area contributed by atoms with Crippen LogP contribution in [0.3, 0.4) is 0 Å². The summed E-state index contributed by atoms with van der Waals surface area (Å²) in [4.78, 5) is 24.2. The Kier molecular flexibility index (Phi) is 6.00. The molecule has 2 aromatic carbocycles. The zero-order valence-electron chi connectivity index (χ0n) is 14.7. The van der Waals surface area contributed by atoms with Crippen molar-refractivity contribution in [1.29, 1.82) is 0 Å². The Hall–Kier alpha value is -3.02. The lowest BCUT2D eigenvalue weighted by Gasteiger charge is -2.18. The van der Waals surface area contributed by atoms with Crippen LogP contribution in [0.25, 0.3) is 0 Å². The summed E-state index contributed by atoms with van der Waals surface area (Å²) in [7, 11) is 2.85. The minimum Gasteiger partial charge on any atom is -0.493 e. The van der Waals surface area contributed by atoms with Crippen molar-refractivity contribution in [2.24, 2.45) is 0 Å². The van der Waals surface area contributed by atoms with Gasteiger partial charge in [0.05, 0.1) is 19.8 Å². The molecule has 25 heavy (non-hydrogen) atoms. The number of para-hydroxylation sites is 2. The highest BCUT2D eigenvalue weighted by atomic mass is 16.5. The van der Waals surface area contributed by atoms with Crippen LogP contribution in [0.1, 0.15) is 22.8 Å². The highest BCUT2D eigenvalue weighted by Crippen LogP contribution is 2.27. The number of amides is 1. The van der Waals surface area contributed by atoms with Crippen molar-refractivity contribution < 1.29 is 23.8 Å². The van der Waals surface area contributed by atoms with Crippen LogP contribution in [0.5, 0.6) is 11.5 Å². The van der Waals surface area contributed by atoms with Crippen LogP contribution in [0.15, 0.2) is 42.5 Å². The molecule has 0 radical (unpaired) electrons. The normalized spacial score (nSPS) is 11.4. The molecular formula is C19H21NO5. The van der Waals surface area contributed by atoms with E-state index in [0.29, 0.717) is 28.3 Å². The first-order valence-corrected chi connectivity index (χ1v) is 7.76. The Morgan fingerprint density at radius 1 is 1.00 bits per heavy atom. The van der Waals surface area contributed by atoms with Crippen LogP contribution in [-0.2, 0) is 9.53 Å². The van der Waals surface area contributed by atoms with Gasteiger partial charge in [0.25, 0.3) is 5.91 Å². The molecule has 1 amide bonds. The molecule has 0 unspecified atom stereocenters. The summed E-state index contributed by atoms with van der Waals surface area (Å²) in [5.74, 6) is 0.238. The van der Waals surface area contributed by atoms with E-state index in [2.05, 4.69) is 5.32 Å². The molecule has 1 N–H and O–H groups in total. The second-order valence-corrected chi connectivity index (χ2v) is 5.37. The number of hydrogen-bond donors (Lipinski definition) is 1. The van der Waals surface area contributed by atoms with Crippen LogP contribution < -0.4 is 14.8 Å². The summed E-state index contributed by atoms with van der Waals surface area (Å²) in [6.07, 6.45) is -0.752. The maximum Gasteiger partial charge on any atom is 0.338 e. The molecule has 0 spiro atoms. The number of benzene rings is 2. The molecule has 2 aromatic rings. The summed E-state index contributed by atoms with van der Waals surface area (Å²) < 4.78 is 15.6. The van der Waals surface area contributed by atoms with Gasteiger partial charge in [-0.05, 0) is 43.7 Å². The first-order chi connectivity index (χ1) is 12.0. The Balaban J connectivity index is 2.13. The minimum atomic E-state index is -0.752. The van der Waals surface area contributed by atoms with Gasteiger partial charge in [-0.1, -0.05) is 18.2 Å². The van der Waals surface area contributed by atoms with E-state index in [9.17, 15) is 9.59 Å². The molecule has 1 atom stereocenters. The third-order valence-electron chi connectivity index (χ3n) is 3.74. The fourth-order valence-electron chi connectivity index (χ4n) is 2.30. The van der Waals surface area contributed by atoms with Crippen molar-refractivity contribution in [3.8, 4) is 11.5 Å². The first kappa shape index (κ1) is 18.3. The fraction of sp³-hybridized carbons (Fsp3) is 0.263. The predicted molar refractivity (Wildman–Crippen MR) is 94.2 cm³/mol. The molecule has 0 aliphatic carbocycles. The lowest BCUT2D eigenvalue weighted by molar-refractivity contribution is -0.122. The van der Waals surface area contributed by atoms with E-state index >= 15 is 0 Å². The van der Waals surface area contributed by atoms with E-state index in [0.717, 1.165) is 0 Å². The third kappa shape index (κ3) is 4.29. The highest BCUT2D eigenvalue weighted by molar-refractivity contribution is 5.98. The van der Waals surface area contributed by atoms with E-state index < -0.39 is 12.1 Å². The van der Waals surface area contributed by atoms with Crippen LogP contribution in [0.4, 0.5) is 5.69 Å². The molecule has 2 rings (SSSR count). The van der Waals surface area contributed by atoms with Crippen molar-refractivity contribution in [1.82, 2.24) is 0 Å². The Labute approximate surface area is 146 Å². The minimum absolute atomic E-state index is 0.337. The Morgan fingerprint density at radius 2 is 1.68 bits per heavy atom. The summed E-state index contributed by atoms with van der Waals surface area (Å²) in [5.41, 5.74) is 1.56. The van der Waals surface area contributed by atoms with E-state index in [-0.39, 0.29) is 5.91 Å². The van der Waals surface area contributed by atoms with Crippen LogP contribution >= 0.6 is 0 Å². The molecule has 0 aliphatic rings. The van der Waals surface area contributed by atoms with Crippen molar-refractivity contribution in [3.63, 3.8) is 0 Å². The van der Waals surface area contributed by atoms with Crippen LogP contribution in [0.2, 0.25) is 0 Å². The molecule has 6 heteroatoms. The maximum absolute atomic E-state index is 12.4. The van der Waals surface area contributed by atoms with Crippen molar-refractivity contribution in [3.05, 3.63) is 53.6 Å². The number of methoxy groups -OCH3 is 2. The number of carbonyl (C=O) groups excluding carboxylic acids is 2. The molecule has 0 heterocycles. The Morgan fingerprint density at radius 3 is 2.32 bits per heavy atom. The summed E-state index contributed by atoms with van der Waals surface area (Å²) in [6.45, 7) is 3.38. The number of anilines is 1. The number of hydrogen-bond acceptors (Lipinski definition) is 5. The average molecular weight is 343 g/mol. The van der Waals surface area contributed by atoms with Gasteiger partial charge in [-0.25, -0.2) is 4.79 Å². The van der Waals surface area contributed by atoms with Gasteiger partial charge in [0.1, 0.15) is 0 Å². The summed E-state index contributed by atoms with van der Waals surface area (Å²) in [6, 6.07) is 12.1. The number of esters is 1. The highest BCUT2D eigenvalue weighted by Gasteiger charge is 2.19. The monoisotopic (exact) mass is 343 g/mol. The Bertz CT molecular complexity index is 772. The molecule has 0 fully saturated rings. The molecule has 0 aliphatic heterocycles. The summed E-state index contributed by atoms with van der Waals surface area (Å²) >= 11 is 0. The number of carbonyl (C=O) groups is 2. The average Bonchev–Trinajstić information content (AvgIpc) is 2.63. The quantitative estimate of drug-likeness (QED) is 0.816. The smallest absolute Gasteiger partial charge is 0.338 e. The zero-order chi connectivity index (χ0) is 18.4. The van der Waals surface area contributed by atoms with Crippen molar-refractivity contribution >= 4 is 17.6 Å². The standard InChI is InChI=1S/C19H21NO5/c1-12-14(19(22)24-4)8-7-9-15(12)20-18(21)13(2)25-17-11-6-5-10-16(17)23-3/h5-11,13H,1-4H3,(H,20,21)/t13-/m1/s1. The topological polar surface area (TPSA) is 73.9 Å². The molecule has 0 aromatic heterocycles. The van der Waals surface area contributed by atoms with Crippen LogP contribution in [-0.4, -0.2) is 32.2 Å². The fourth-order valence-corrected chi connectivity index (χ4v) is 2.30. The predicted octanol–water partition coefficient (Wildman–Crippen LogP) is 3.20. The second kappa shape index (κ2) is 8.19. The van der Waals surface area contributed by atoms with Crippen molar-refractivity contribution in [2.75, 3.05) is 19.5 Å². The van der Waals surface area contributed by atoms with Gasteiger partial charge in [-0.15, -0.1) is 0 Å². The van der Waals surface area contributed by atoms with E-state index in [1.165, 1.54) is 14.2 Å². The van der Waals surface area contributed by atoms with E-state index in [1.807, 2.05) is 6.07 Å². The van der Waals surface area contributed by atoms with Gasteiger partial charge in [0, 0.05) is 5.69 Å². The van der Waals surface area contributed by atoms with Crippen molar-refractivity contribution in [2.45, 2.75) is 20.0 Å².